The minimum absolute atomic E-state index is 0.118. The number of rotatable bonds is 5. The lowest BCUT2D eigenvalue weighted by Crippen LogP contribution is -2.18. The highest BCUT2D eigenvalue weighted by Gasteiger charge is 2.13. The number of benzene rings is 2. The molecule has 2 nitrogen and oxygen atoms in total. The number of carbonyl (C=O) groups is 1. The van der Waals surface area contributed by atoms with Crippen molar-refractivity contribution in [2.75, 3.05) is 7.05 Å². The molecular weight excluding hydrogens is 282 g/mol. The third kappa shape index (κ3) is 5.04. The van der Waals surface area contributed by atoms with Crippen LogP contribution in [-0.4, -0.2) is 17.7 Å². The van der Waals surface area contributed by atoms with Crippen molar-refractivity contribution in [1.82, 2.24) is 4.90 Å². The summed E-state index contributed by atoms with van der Waals surface area (Å²) >= 11 is 0. The molecule has 0 heterocycles. The maximum atomic E-state index is 11.5. The van der Waals surface area contributed by atoms with Crippen molar-refractivity contribution in [3.63, 3.8) is 0 Å². The van der Waals surface area contributed by atoms with E-state index in [-0.39, 0.29) is 11.2 Å². The number of Topliss-reactive ketones (excluding diaryl/α,β-unsaturated/α-hetero) is 1. The van der Waals surface area contributed by atoms with Crippen molar-refractivity contribution in [3.05, 3.63) is 70.8 Å². The topological polar surface area (TPSA) is 20.3 Å². The van der Waals surface area contributed by atoms with Gasteiger partial charge in [-0.3, -0.25) is 9.69 Å². The van der Waals surface area contributed by atoms with E-state index in [1.54, 1.807) is 6.92 Å². The molecule has 0 saturated carbocycles. The van der Waals surface area contributed by atoms with E-state index < -0.39 is 0 Å². The molecular formula is C21H27NO. The van der Waals surface area contributed by atoms with Crippen LogP contribution in [0.4, 0.5) is 0 Å². The molecule has 23 heavy (non-hydrogen) atoms. The lowest BCUT2D eigenvalue weighted by molar-refractivity contribution is 0.101. The van der Waals surface area contributed by atoms with Gasteiger partial charge in [0.15, 0.2) is 5.78 Å². The summed E-state index contributed by atoms with van der Waals surface area (Å²) in [5.41, 5.74) is 4.82. The Kier molecular flexibility index (Phi) is 5.38. The van der Waals surface area contributed by atoms with Crippen molar-refractivity contribution in [1.29, 1.82) is 0 Å². The molecule has 2 aromatic carbocycles. The van der Waals surface area contributed by atoms with Crippen molar-refractivity contribution in [3.8, 4) is 0 Å². The molecule has 0 aromatic heterocycles. The largest absolute Gasteiger partial charge is 0.298 e. The zero-order valence-electron chi connectivity index (χ0n) is 14.9. The molecule has 2 aromatic rings. The predicted molar refractivity (Wildman–Crippen MR) is 96.8 cm³/mol. The molecule has 0 aliphatic rings. The molecule has 0 amide bonds. The summed E-state index contributed by atoms with van der Waals surface area (Å²) in [6.07, 6.45) is 0. The van der Waals surface area contributed by atoms with Gasteiger partial charge in [0.1, 0.15) is 0 Å². The molecule has 0 unspecified atom stereocenters. The van der Waals surface area contributed by atoms with Crippen molar-refractivity contribution in [2.24, 2.45) is 0 Å². The summed E-state index contributed by atoms with van der Waals surface area (Å²) in [6, 6.07) is 16.8. The lowest BCUT2D eigenvalue weighted by atomic mass is 9.87. The van der Waals surface area contributed by atoms with Gasteiger partial charge >= 0.3 is 0 Å². The van der Waals surface area contributed by atoms with Crippen LogP contribution >= 0.6 is 0 Å². The maximum absolute atomic E-state index is 11.5. The first-order valence-electron chi connectivity index (χ1n) is 8.13. The Morgan fingerprint density at radius 3 is 2.13 bits per heavy atom. The Labute approximate surface area is 140 Å². The third-order valence-electron chi connectivity index (χ3n) is 4.06. The average molecular weight is 309 g/mol. The number of hydrogen-bond donors (Lipinski definition) is 0. The van der Waals surface area contributed by atoms with E-state index >= 15 is 0 Å². The number of ketones is 1. The van der Waals surface area contributed by atoms with Crippen LogP contribution in [0.1, 0.15) is 54.7 Å². The highest BCUT2D eigenvalue weighted by molar-refractivity contribution is 5.94. The first kappa shape index (κ1) is 17.4. The van der Waals surface area contributed by atoms with Gasteiger partial charge < -0.3 is 0 Å². The van der Waals surface area contributed by atoms with Gasteiger partial charge in [0.25, 0.3) is 0 Å². The summed E-state index contributed by atoms with van der Waals surface area (Å²) in [5, 5.41) is 0. The minimum atomic E-state index is 0.118. The number of hydrogen-bond acceptors (Lipinski definition) is 2. The van der Waals surface area contributed by atoms with E-state index in [0.29, 0.717) is 0 Å². The van der Waals surface area contributed by atoms with Crippen LogP contribution in [0.3, 0.4) is 0 Å². The van der Waals surface area contributed by atoms with Gasteiger partial charge in [0, 0.05) is 18.7 Å². The molecule has 0 radical (unpaired) electrons. The molecule has 2 rings (SSSR count). The van der Waals surface area contributed by atoms with Gasteiger partial charge in [0.2, 0.25) is 0 Å². The van der Waals surface area contributed by atoms with E-state index in [0.717, 1.165) is 18.7 Å². The van der Waals surface area contributed by atoms with Crippen LogP contribution in [-0.2, 0) is 18.5 Å². The second-order valence-electron chi connectivity index (χ2n) is 7.38. The van der Waals surface area contributed by atoms with E-state index in [4.69, 9.17) is 0 Å². The lowest BCUT2D eigenvalue weighted by Gasteiger charge is -2.21. The van der Waals surface area contributed by atoms with Gasteiger partial charge in [0.05, 0.1) is 0 Å². The SMILES string of the molecule is CC(=O)c1cccc(CN(C)Cc2ccc(C(C)(C)C)cc2)c1. The normalized spacial score (nSPS) is 11.7. The maximum Gasteiger partial charge on any atom is 0.159 e. The van der Waals surface area contributed by atoms with Crippen molar-refractivity contribution in [2.45, 2.75) is 46.2 Å². The zero-order chi connectivity index (χ0) is 17.0. The standard InChI is InChI=1S/C21H27NO/c1-16(23)19-8-6-7-18(13-19)15-22(5)14-17-9-11-20(12-10-17)21(2,3)4/h6-13H,14-15H2,1-5H3. The summed E-state index contributed by atoms with van der Waals surface area (Å²) in [5.74, 6) is 0.118. The second kappa shape index (κ2) is 7.10. The molecule has 0 bridgehead atoms. The average Bonchev–Trinajstić information content (AvgIpc) is 2.47. The number of nitrogens with zero attached hydrogens (tertiary/aromatic N) is 1. The van der Waals surface area contributed by atoms with E-state index in [1.165, 1.54) is 16.7 Å². The molecule has 0 aliphatic heterocycles. The molecule has 0 saturated heterocycles. The van der Waals surface area contributed by atoms with Crippen LogP contribution < -0.4 is 0 Å². The first-order valence-corrected chi connectivity index (χ1v) is 8.13. The van der Waals surface area contributed by atoms with E-state index in [2.05, 4.69) is 63.1 Å². The summed E-state index contributed by atoms with van der Waals surface area (Å²) in [7, 11) is 2.11. The fourth-order valence-corrected chi connectivity index (χ4v) is 2.68. The third-order valence-corrected chi connectivity index (χ3v) is 4.06. The van der Waals surface area contributed by atoms with Crippen LogP contribution in [0.5, 0.6) is 0 Å². The molecule has 0 aliphatic carbocycles. The summed E-state index contributed by atoms with van der Waals surface area (Å²) < 4.78 is 0. The molecule has 2 heteroatoms. The fraction of sp³-hybridized carbons (Fsp3) is 0.381. The minimum Gasteiger partial charge on any atom is -0.298 e. The van der Waals surface area contributed by atoms with Crippen LogP contribution in [0, 0.1) is 0 Å². The highest BCUT2D eigenvalue weighted by atomic mass is 16.1. The van der Waals surface area contributed by atoms with E-state index in [9.17, 15) is 4.79 Å². The monoisotopic (exact) mass is 309 g/mol. The van der Waals surface area contributed by atoms with Gasteiger partial charge in [-0.1, -0.05) is 63.2 Å². The highest BCUT2D eigenvalue weighted by Crippen LogP contribution is 2.22. The fourth-order valence-electron chi connectivity index (χ4n) is 2.68. The molecule has 122 valence electrons. The molecule has 0 N–H and O–H groups in total. The van der Waals surface area contributed by atoms with Gasteiger partial charge in [-0.15, -0.1) is 0 Å². The predicted octanol–water partition coefficient (Wildman–Crippen LogP) is 4.82. The number of carbonyl (C=O) groups excluding carboxylic acids is 1. The molecule has 0 fully saturated rings. The molecule has 0 spiro atoms. The Hall–Kier alpha value is -1.93. The van der Waals surface area contributed by atoms with Crippen molar-refractivity contribution >= 4 is 5.78 Å². The van der Waals surface area contributed by atoms with Crippen LogP contribution in [0.2, 0.25) is 0 Å². The first-order chi connectivity index (χ1) is 10.8. The Morgan fingerprint density at radius 1 is 0.957 bits per heavy atom. The Bertz CT molecular complexity index is 665. The van der Waals surface area contributed by atoms with Crippen LogP contribution in [0.15, 0.2) is 48.5 Å². The summed E-state index contributed by atoms with van der Waals surface area (Å²) in [6.45, 7) is 10.0. The molecule has 0 atom stereocenters. The van der Waals surface area contributed by atoms with Gasteiger partial charge in [-0.05, 0) is 42.1 Å². The zero-order valence-corrected chi connectivity index (χ0v) is 14.9. The van der Waals surface area contributed by atoms with Crippen molar-refractivity contribution < 1.29 is 4.79 Å². The van der Waals surface area contributed by atoms with Crippen LogP contribution in [0.25, 0.3) is 0 Å². The van der Waals surface area contributed by atoms with Gasteiger partial charge in [-0.25, -0.2) is 0 Å². The smallest absolute Gasteiger partial charge is 0.159 e. The Morgan fingerprint density at radius 2 is 1.57 bits per heavy atom. The quantitative estimate of drug-likeness (QED) is 0.738. The second-order valence-corrected chi connectivity index (χ2v) is 7.38. The van der Waals surface area contributed by atoms with Gasteiger partial charge in [-0.2, -0.15) is 0 Å². The van der Waals surface area contributed by atoms with E-state index in [1.807, 2.05) is 18.2 Å². The summed E-state index contributed by atoms with van der Waals surface area (Å²) in [4.78, 5) is 13.7. The Balaban J connectivity index is 2.01.